The minimum atomic E-state index is 0. The maximum Gasteiger partial charge on any atom is 2.00 e. The van der Waals surface area contributed by atoms with Crippen LogP contribution in [0.5, 0.6) is 23.0 Å². The molecule has 0 aliphatic rings. The van der Waals surface area contributed by atoms with Crippen LogP contribution in [-0.2, 0) is 42.1 Å². The second kappa shape index (κ2) is 16.4. The van der Waals surface area contributed by atoms with Crippen LogP contribution in [0, 0.1) is 24.3 Å². The van der Waals surface area contributed by atoms with Gasteiger partial charge in [-0.3, -0.25) is 0 Å². The Morgan fingerprint density at radius 2 is 0.962 bits per heavy atom. The minimum Gasteiger partial charge on any atom is -0.503 e. The molecule has 7 nitrogen and oxygen atoms in total. The molecule has 0 saturated carbocycles. The summed E-state index contributed by atoms with van der Waals surface area (Å²) >= 11 is 0. The van der Waals surface area contributed by atoms with E-state index < -0.39 is 0 Å². The standard InChI is InChI=1S/C44H33N5O2.2Pt/c1-28(2)34-24-36-37-25-35(29(3)4)43(51-33-15-10-13-31(23-33)39-17-6-8-19-46-39)27-41(37)49(44-47-20-11-21-48-44)40(36)26-42(34)50-32-14-9-12-30(22-32)38-16-5-7-18-45-38;;/h5-21,24-25,28-29H,1-4H3;;/q-4;2*+2. The van der Waals surface area contributed by atoms with E-state index in [0.717, 1.165) is 55.4 Å². The second-order valence-corrected chi connectivity index (χ2v) is 12.8. The van der Waals surface area contributed by atoms with Gasteiger partial charge in [0.15, 0.2) is 0 Å². The van der Waals surface area contributed by atoms with E-state index in [2.05, 4.69) is 84.0 Å². The molecule has 4 heterocycles. The molecular formula is C44H33N5O2Pt2. The van der Waals surface area contributed by atoms with E-state index in [-0.39, 0.29) is 54.0 Å². The summed E-state index contributed by atoms with van der Waals surface area (Å²) in [5, 5.41) is 1.99. The average molecular weight is 1050 g/mol. The molecule has 0 fully saturated rings. The molecule has 8 aromatic rings. The van der Waals surface area contributed by atoms with Crippen molar-refractivity contribution in [2.45, 2.75) is 39.5 Å². The van der Waals surface area contributed by atoms with Crippen molar-refractivity contribution >= 4 is 21.8 Å². The summed E-state index contributed by atoms with van der Waals surface area (Å²) in [5.41, 5.74) is 6.90. The quantitative estimate of drug-likeness (QED) is 0.134. The van der Waals surface area contributed by atoms with Crippen molar-refractivity contribution in [3.8, 4) is 51.5 Å². The van der Waals surface area contributed by atoms with E-state index in [1.165, 1.54) is 0 Å². The molecule has 266 valence electrons. The van der Waals surface area contributed by atoms with Crippen LogP contribution in [0.15, 0.2) is 116 Å². The Kier molecular flexibility index (Phi) is 11.7. The monoisotopic (exact) mass is 1050 g/mol. The molecule has 8 rings (SSSR count). The number of rotatable bonds is 9. The predicted molar refractivity (Wildman–Crippen MR) is 199 cm³/mol. The molecule has 0 amide bonds. The molecule has 0 unspecified atom stereocenters. The Balaban J connectivity index is 0.00000240. The number of hydrogen-bond acceptors (Lipinski definition) is 6. The molecule has 4 aromatic heterocycles. The van der Waals surface area contributed by atoms with E-state index in [4.69, 9.17) is 9.47 Å². The molecule has 53 heavy (non-hydrogen) atoms. The largest absolute Gasteiger partial charge is 2.00 e. The van der Waals surface area contributed by atoms with E-state index in [9.17, 15) is 0 Å². The summed E-state index contributed by atoms with van der Waals surface area (Å²) in [6, 6.07) is 43.5. The first-order valence-corrected chi connectivity index (χ1v) is 16.9. The number of benzene rings is 4. The third kappa shape index (κ3) is 7.74. The van der Waals surface area contributed by atoms with Crippen molar-refractivity contribution in [1.82, 2.24) is 24.5 Å². The average Bonchev–Trinajstić information content (AvgIpc) is 3.47. The van der Waals surface area contributed by atoms with Gasteiger partial charge in [-0.1, -0.05) is 87.0 Å². The molecule has 4 aromatic carbocycles. The summed E-state index contributed by atoms with van der Waals surface area (Å²) in [6.45, 7) is 8.62. The smallest absolute Gasteiger partial charge is 0.503 e. The van der Waals surface area contributed by atoms with Gasteiger partial charge in [-0.25, -0.2) is 9.97 Å². The third-order valence-electron chi connectivity index (χ3n) is 8.67. The Bertz CT molecular complexity index is 2330. The van der Waals surface area contributed by atoms with Crippen LogP contribution in [0.4, 0.5) is 0 Å². The maximum atomic E-state index is 6.60. The third-order valence-corrected chi connectivity index (χ3v) is 8.67. The summed E-state index contributed by atoms with van der Waals surface area (Å²) in [7, 11) is 0. The number of hydrogen-bond donors (Lipinski definition) is 0. The Morgan fingerprint density at radius 3 is 1.38 bits per heavy atom. The van der Waals surface area contributed by atoms with Gasteiger partial charge in [0.05, 0.1) is 0 Å². The summed E-state index contributed by atoms with van der Waals surface area (Å²) in [6.07, 6.45) is 7.01. The predicted octanol–water partition coefficient (Wildman–Crippen LogP) is 10.7. The van der Waals surface area contributed by atoms with Crippen LogP contribution >= 0.6 is 0 Å². The molecule has 0 atom stereocenters. The van der Waals surface area contributed by atoms with Gasteiger partial charge in [-0.2, -0.15) is 22.9 Å². The zero-order valence-corrected chi connectivity index (χ0v) is 33.9. The zero-order valence-electron chi connectivity index (χ0n) is 29.3. The van der Waals surface area contributed by atoms with E-state index in [1.807, 2.05) is 77.4 Å². The van der Waals surface area contributed by atoms with Crippen molar-refractivity contribution in [3.63, 3.8) is 0 Å². The van der Waals surface area contributed by atoms with Gasteiger partial charge in [0.1, 0.15) is 0 Å². The molecule has 0 aliphatic heterocycles. The van der Waals surface area contributed by atoms with E-state index in [1.54, 1.807) is 30.9 Å². The van der Waals surface area contributed by atoms with Crippen molar-refractivity contribution in [1.29, 1.82) is 0 Å². The molecule has 9 heteroatoms. The van der Waals surface area contributed by atoms with Gasteiger partial charge in [0, 0.05) is 47.8 Å². The Hall–Kier alpha value is -4.96. The molecule has 0 bridgehead atoms. The van der Waals surface area contributed by atoms with Gasteiger partial charge in [0.2, 0.25) is 5.95 Å². The number of fused-ring (bicyclic) bond motifs is 3. The fourth-order valence-corrected chi connectivity index (χ4v) is 6.16. The molecule has 0 saturated heterocycles. The minimum absolute atomic E-state index is 0. The summed E-state index contributed by atoms with van der Waals surface area (Å²) in [4.78, 5) is 18.3. The molecule has 0 spiro atoms. The number of pyridine rings is 2. The summed E-state index contributed by atoms with van der Waals surface area (Å²) in [5.74, 6) is 3.13. The van der Waals surface area contributed by atoms with E-state index in [0.29, 0.717) is 28.9 Å². The van der Waals surface area contributed by atoms with Crippen LogP contribution < -0.4 is 9.47 Å². The fraction of sp³-hybridized carbons (Fsp3) is 0.136. The molecular weight excluding hydrogens is 1020 g/mol. The van der Waals surface area contributed by atoms with Gasteiger partial charge in [-0.15, -0.1) is 70.8 Å². The van der Waals surface area contributed by atoms with Crippen LogP contribution in [0.3, 0.4) is 0 Å². The van der Waals surface area contributed by atoms with Crippen LogP contribution in [0.25, 0.3) is 50.3 Å². The van der Waals surface area contributed by atoms with Crippen molar-refractivity contribution < 1.29 is 51.6 Å². The van der Waals surface area contributed by atoms with Gasteiger partial charge < -0.3 is 24.0 Å². The molecule has 0 aliphatic carbocycles. The first kappa shape index (κ1) is 37.8. The number of ether oxygens (including phenoxy) is 2. The van der Waals surface area contributed by atoms with Crippen LogP contribution in [-0.4, -0.2) is 24.5 Å². The summed E-state index contributed by atoms with van der Waals surface area (Å²) < 4.78 is 15.2. The van der Waals surface area contributed by atoms with Gasteiger partial charge in [0.25, 0.3) is 0 Å². The van der Waals surface area contributed by atoms with Crippen LogP contribution in [0.1, 0.15) is 50.7 Å². The normalized spacial score (nSPS) is 11.1. The SMILES string of the molecule is CC(C)c1cc2c3cc(C(C)C)c(Oc4[c-]c(-c5ccccn5)ccc4)[c-]c3n(-c3ncccn3)c2[c-]c1Oc1[c-]c(-c2ccccn2)ccc1.[Pt+2].[Pt+2]. The molecule has 0 N–H and O–H groups in total. The second-order valence-electron chi connectivity index (χ2n) is 12.8. The zero-order chi connectivity index (χ0) is 34.9. The van der Waals surface area contributed by atoms with Gasteiger partial charge in [-0.05, 0) is 29.6 Å². The number of nitrogens with zero attached hydrogens (tertiary/aromatic N) is 5. The first-order valence-electron chi connectivity index (χ1n) is 16.9. The van der Waals surface area contributed by atoms with Crippen molar-refractivity contribution in [3.05, 3.63) is 151 Å². The van der Waals surface area contributed by atoms with Crippen molar-refractivity contribution in [2.75, 3.05) is 0 Å². The number of aromatic nitrogens is 5. The topological polar surface area (TPSA) is 75.0 Å². The molecule has 0 radical (unpaired) electrons. The Labute approximate surface area is 338 Å². The Morgan fingerprint density at radius 1 is 0.509 bits per heavy atom. The van der Waals surface area contributed by atoms with Crippen LogP contribution in [0.2, 0.25) is 0 Å². The van der Waals surface area contributed by atoms with E-state index >= 15 is 0 Å². The first-order chi connectivity index (χ1) is 24.9. The fourth-order valence-electron chi connectivity index (χ4n) is 6.16. The van der Waals surface area contributed by atoms with Gasteiger partial charge >= 0.3 is 42.1 Å². The maximum absolute atomic E-state index is 6.60. The van der Waals surface area contributed by atoms with Crippen molar-refractivity contribution in [2.24, 2.45) is 0 Å².